The third-order valence-corrected chi connectivity index (χ3v) is 5.60. The maximum atomic E-state index is 12.5. The highest BCUT2D eigenvalue weighted by Crippen LogP contribution is 2.35. The van der Waals surface area contributed by atoms with Crippen LogP contribution in [0.2, 0.25) is 0 Å². The van der Waals surface area contributed by atoms with Crippen molar-refractivity contribution in [1.29, 1.82) is 0 Å². The Hall–Kier alpha value is -1.11. The summed E-state index contributed by atoms with van der Waals surface area (Å²) < 4.78 is 7.36. The van der Waals surface area contributed by atoms with Gasteiger partial charge in [-0.25, -0.2) is 0 Å². The highest BCUT2D eigenvalue weighted by molar-refractivity contribution is 9.10. The molecule has 4 nitrogen and oxygen atoms in total. The minimum Gasteiger partial charge on any atom is -0.397 e. The minimum atomic E-state index is -0.0933. The van der Waals surface area contributed by atoms with Crippen molar-refractivity contribution in [2.24, 2.45) is 5.92 Å². The first-order chi connectivity index (χ1) is 10.1. The summed E-state index contributed by atoms with van der Waals surface area (Å²) in [5, 5.41) is 3.98. The summed E-state index contributed by atoms with van der Waals surface area (Å²) in [4.78, 5) is 13.0. The van der Waals surface area contributed by atoms with Gasteiger partial charge in [0.05, 0.1) is 12.3 Å². The third kappa shape index (κ3) is 2.93. The normalized spacial score (nSPS) is 19.8. The average molecular weight is 369 g/mol. The van der Waals surface area contributed by atoms with Crippen LogP contribution < -0.4 is 11.1 Å². The second-order valence-corrected chi connectivity index (χ2v) is 7.34. The Morgan fingerprint density at radius 3 is 3.10 bits per heavy atom. The fourth-order valence-corrected chi connectivity index (χ4v) is 3.96. The van der Waals surface area contributed by atoms with Crippen molar-refractivity contribution >= 4 is 48.9 Å². The van der Waals surface area contributed by atoms with Crippen molar-refractivity contribution in [1.82, 2.24) is 5.32 Å². The Morgan fingerprint density at radius 1 is 1.57 bits per heavy atom. The van der Waals surface area contributed by atoms with Gasteiger partial charge < -0.3 is 15.8 Å². The number of benzene rings is 1. The number of amides is 1. The van der Waals surface area contributed by atoms with E-state index in [4.69, 9.17) is 10.5 Å². The van der Waals surface area contributed by atoms with E-state index in [1.54, 1.807) is 0 Å². The van der Waals surface area contributed by atoms with E-state index in [0.29, 0.717) is 16.5 Å². The van der Waals surface area contributed by atoms with Gasteiger partial charge in [0.25, 0.3) is 5.91 Å². The number of nitrogens with one attached hydrogen (secondary N) is 1. The molecule has 21 heavy (non-hydrogen) atoms. The van der Waals surface area contributed by atoms with Gasteiger partial charge in [-0.2, -0.15) is 0 Å². The quantitative estimate of drug-likeness (QED) is 0.872. The van der Waals surface area contributed by atoms with Crippen LogP contribution in [0.1, 0.15) is 23.0 Å². The average Bonchev–Trinajstić information content (AvgIpc) is 3.08. The number of nitrogens with two attached hydrogens (primary N) is 1. The van der Waals surface area contributed by atoms with E-state index in [9.17, 15) is 4.79 Å². The minimum absolute atomic E-state index is 0.0933. The summed E-state index contributed by atoms with van der Waals surface area (Å²) in [6.45, 7) is 3.53. The van der Waals surface area contributed by atoms with E-state index < -0.39 is 0 Å². The van der Waals surface area contributed by atoms with Crippen LogP contribution in [-0.2, 0) is 4.74 Å². The topological polar surface area (TPSA) is 64.4 Å². The molecule has 0 saturated carbocycles. The first-order valence-electron chi connectivity index (χ1n) is 6.92. The van der Waals surface area contributed by atoms with Crippen molar-refractivity contribution in [3.8, 4) is 0 Å². The zero-order valence-electron chi connectivity index (χ0n) is 11.7. The summed E-state index contributed by atoms with van der Waals surface area (Å²) in [6, 6.07) is 5.98. The number of carbonyl (C=O) groups excluding carboxylic acids is 1. The molecule has 1 aliphatic heterocycles. The lowest BCUT2D eigenvalue weighted by Gasteiger charge is -2.18. The number of anilines is 1. The van der Waals surface area contributed by atoms with Crippen molar-refractivity contribution in [2.75, 3.05) is 18.9 Å². The van der Waals surface area contributed by atoms with Crippen LogP contribution in [0.25, 0.3) is 10.1 Å². The number of hydrogen-bond acceptors (Lipinski definition) is 4. The van der Waals surface area contributed by atoms with Crippen LogP contribution in [0.5, 0.6) is 0 Å². The lowest BCUT2D eigenvalue weighted by molar-refractivity contribution is 0.0927. The van der Waals surface area contributed by atoms with Crippen LogP contribution in [-0.4, -0.2) is 25.2 Å². The van der Waals surface area contributed by atoms with Crippen LogP contribution in [0, 0.1) is 5.92 Å². The zero-order valence-corrected chi connectivity index (χ0v) is 14.1. The van der Waals surface area contributed by atoms with E-state index in [0.717, 1.165) is 34.2 Å². The second kappa shape index (κ2) is 5.94. The molecule has 1 amide bonds. The lowest BCUT2D eigenvalue weighted by atomic mass is 10.0. The van der Waals surface area contributed by atoms with Gasteiger partial charge in [-0.1, -0.05) is 15.9 Å². The predicted octanol–water partition coefficient (Wildman–Crippen LogP) is 3.40. The molecule has 1 aromatic carbocycles. The monoisotopic (exact) mass is 368 g/mol. The van der Waals surface area contributed by atoms with Crippen LogP contribution in [0.3, 0.4) is 0 Å². The molecule has 0 radical (unpaired) electrons. The first-order valence-corrected chi connectivity index (χ1v) is 8.53. The van der Waals surface area contributed by atoms with Gasteiger partial charge in [-0.15, -0.1) is 11.3 Å². The number of carbonyl (C=O) groups is 1. The maximum absolute atomic E-state index is 12.5. The maximum Gasteiger partial charge on any atom is 0.263 e. The van der Waals surface area contributed by atoms with Crippen molar-refractivity contribution in [2.45, 2.75) is 19.4 Å². The Balaban J connectivity index is 1.82. The van der Waals surface area contributed by atoms with Crippen molar-refractivity contribution < 1.29 is 9.53 Å². The van der Waals surface area contributed by atoms with Gasteiger partial charge >= 0.3 is 0 Å². The van der Waals surface area contributed by atoms with Gasteiger partial charge in [0.15, 0.2) is 0 Å². The Labute approximate surface area is 135 Å². The number of fused-ring (bicyclic) bond motifs is 1. The van der Waals surface area contributed by atoms with Crippen LogP contribution in [0.15, 0.2) is 22.7 Å². The highest BCUT2D eigenvalue weighted by Gasteiger charge is 2.25. The largest absolute Gasteiger partial charge is 0.397 e. The number of halogens is 1. The second-order valence-electron chi connectivity index (χ2n) is 5.37. The molecule has 2 atom stereocenters. The lowest BCUT2D eigenvalue weighted by Crippen LogP contribution is -2.38. The molecule has 6 heteroatoms. The Bertz CT molecular complexity index is 680. The molecule has 0 aliphatic carbocycles. The van der Waals surface area contributed by atoms with E-state index in [1.807, 2.05) is 25.1 Å². The molecule has 2 aromatic rings. The molecule has 0 bridgehead atoms. The van der Waals surface area contributed by atoms with E-state index in [1.165, 1.54) is 11.3 Å². The molecule has 1 aliphatic rings. The Kier molecular flexibility index (Phi) is 4.19. The summed E-state index contributed by atoms with van der Waals surface area (Å²) in [5.74, 6) is 0.294. The van der Waals surface area contributed by atoms with Gasteiger partial charge in [-0.05, 0) is 31.5 Å². The number of hydrogen-bond donors (Lipinski definition) is 2. The summed E-state index contributed by atoms with van der Waals surface area (Å²) in [6.07, 6.45) is 0.996. The fourth-order valence-electron chi connectivity index (χ4n) is 2.59. The summed E-state index contributed by atoms with van der Waals surface area (Å²) in [5.41, 5.74) is 6.70. The zero-order chi connectivity index (χ0) is 15.0. The van der Waals surface area contributed by atoms with E-state index in [2.05, 4.69) is 21.2 Å². The first kappa shape index (κ1) is 14.8. The van der Waals surface area contributed by atoms with Crippen molar-refractivity contribution in [3.05, 3.63) is 27.5 Å². The number of ether oxygens (including phenoxy) is 1. The molecule has 0 spiro atoms. The van der Waals surface area contributed by atoms with Crippen LogP contribution >= 0.6 is 27.3 Å². The fraction of sp³-hybridized carbons (Fsp3) is 0.400. The number of thiophene rings is 1. The molecule has 1 saturated heterocycles. The SMILES string of the molecule is CC(NC(=O)c1sc2ccc(Br)cc2c1N)C1CCOC1. The molecule has 3 rings (SSSR count). The van der Waals surface area contributed by atoms with Gasteiger partial charge in [0.2, 0.25) is 0 Å². The highest BCUT2D eigenvalue weighted by atomic mass is 79.9. The molecule has 3 N–H and O–H groups in total. The third-order valence-electron chi connectivity index (χ3n) is 3.93. The van der Waals surface area contributed by atoms with Crippen LogP contribution in [0.4, 0.5) is 5.69 Å². The summed E-state index contributed by atoms with van der Waals surface area (Å²) >= 11 is 4.87. The molecule has 1 fully saturated rings. The molecule has 1 aromatic heterocycles. The number of rotatable bonds is 3. The van der Waals surface area contributed by atoms with Gasteiger partial charge in [0.1, 0.15) is 4.88 Å². The standard InChI is InChI=1S/C15H17BrN2O2S/c1-8(9-4-5-20-7-9)18-15(19)14-13(17)11-6-10(16)2-3-12(11)21-14/h2-3,6,8-9H,4-5,7,17H2,1H3,(H,18,19). The summed E-state index contributed by atoms with van der Waals surface area (Å²) in [7, 11) is 0. The number of nitrogen functional groups attached to an aromatic ring is 1. The predicted molar refractivity (Wildman–Crippen MR) is 89.8 cm³/mol. The molecule has 112 valence electrons. The smallest absolute Gasteiger partial charge is 0.263 e. The van der Waals surface area contributed by atoms with Gasteiger partial charge in [-0.3, -0.25) is 4.79 Å². The Morgan fingerprint density at radius 2 is 2.38 bits per heavy atom. The molecular formula is C15H17BrN2O2S. The molecule has 2 unspecified atom stereocenters. The molecular weight excluding hydrogens is 352 g/mol. The van der Waals surface area contributed by atoms with E-state index in [-0.39, 0.29) is 11.9 Å². The van der Waals surface area contributed by atoms with E-state index >= 15 is 0 Å². The van der Waals surface area contributed by atoms with Gasteiger partial charge in [0, 0.05) is 33.1 Å². The van der Waals surface area contributed by atoms with Crippen molar-refractivity contribution in [3.63, 3.8) is 0 Å². The molecule has 2 heterocycles.